The van der Waals surface area contributed by atoms with Gasteiger partial charge in [0.1, 0.15) is 11.5 Å². The molecule has 0 bridgehead atoms. The normalized spacial score (nSPS) is 22.5. The average Bonchev–Trinajstić information content (AvgIpc) is 2.93. The zero-order valence-corrected chi connectivity index (χ0v) is 13.1. The smallest absolute Gasteiger partial charge is 0.255 e. The largest absolute Gasteiger partial charge is 0.466 e. The van der Waals surface area contributed by atoms with Crippen LogP contribution in [0.4, 0.5) is 0 Å². The number of hydrogen-bond donors (Lipinski definition) is 1. The van der Waals surface area contributed by atoms with E-state index in [9.17, 15) is 4.79 Å². The summed E-state index contributed by atoms with van der Waals surface area (Å²) in [4.78, 5) is 12.3. The fourth-order valence-corrected chi connectivity index (χ4v) is 3.05. The lowest BCUT2D eigenvalue weighted by Crippen LogP contribution is -2.35. The fourth-order valence-electron chi connectivity index (χ4n) is 3.05. The van der Waals surface area contributed by atoms with E-state index < -0.39 is 0 Å². The third-order valence-corrected chi connectivity index (χ3v) is 4.23. The molecule has 1 aromatic rings. The summed E-state index contributed by atoms with van der Waals surface area (Å²) in [5.74, 6) is 2.37. The molecule has 112 valence electrons. The van der Waals surface area contributed by atoms with Gasteiger partial charge >= 0.3 is 0 Å². The van der Waals surface area contributed by atoms with Gasteiger partial charge in [-0.2, -0.15) is 0 Å². The number of carbonyl (C=O) groups is 1. The minimum Gasteiger partial charge on any atom is -0.466 e. The van der Waals surface area contributed by atoms with E-state index >= 15 is 0 Å². The summed E-state index contributed by atoms with van der Waals surface area (Å²) in [7, 11) is 0. The van der Waals surface area contributed by atoms with Crippen molar-refractivity contribution in [2.24, 2.45) is 11.8 Å². The van der Waals surface area contributed by atoms with Gasteiger partial charge in [-0.05, 0) is 33.1 Å². The van der Waals surface area contributed by atoms with Crippen LogP contribution in [0.25, 0.3) is 0 Å². The summed E-state index contributed by atoms with van der Waals surface area (Å²) in [6.07, 6.45) is 1.27. The van der Waals surface area contributed by atoms with E-state index in [-0.39, 0.29) is 12.0 Å². The first-order valence-electron chi connectivity index (χ1n) is 7.38. The number of carbonyl (C=O) groups excluding carboxylic acids is 1. The number of nitrogens with one attached hydrogen (secondary N) is 1. The van der Waals surface area contributed by atoms with Crippen LogP contribution in [0.3, 0.4) is 0 Å². The van der Waals surface area contributed by atoms with E-state index in [1.807, 2.05) is 20.8 Å². The first-order valence-corrected chi connectivity index (χ1v) is 7.38. The fraction of sp³-hybridized carbons (Fsp3) is 0.688. The summed E-state index contributed by atoms with van der Waals surface area (Å²) in [5, 5.41) is 3.04. The molecular weight excluding hydrogens is 254 g/mol. The minimum atomic E-state index is -0.0359. The third kappa shape index (κ3) is 2.90. The van der Waals surface area contributed by atoms with Gasteiger partial charge in [0.2, 0.25) is 0 Å². The summed E-state index contributed by atoms with van der Waals surface area (Å²) >= 11 is 0. The van der Waals surface area contributed by atoms with Crippen LogP contribution in [-0.4, -0.2) is 25.2 Å². The van der Waals surface area contributed by atoms with Crippen LogP contribution in [0.2, 0.25) is 0 Å². The van der Waals surface area contributed by atoms with E-state index in [0.29, 0.717) is 29.7 Å². The molecule has 1 aliphatic rings. The van der Waals surface area contributed by atoms with Crippen molar-refractivity contribution in [3.05, 3.63) is 22.6 Å². The number of furan rings is 1. The van der Waals surface area contributed by atoms with Crippen LogP contribution < -0.4 is 5.32 Å². The molecule has 1 saturated heterocycles. The SMILES string of the molecule is Cc1oc(C)c(C(=O)NC[C@H]2CCO[C@@H]2C(C)C)c1C. The van der Waals surface area contributed by atoms with E-state index in [1.165, 1.54) is 0 Å². The Labute approximate surface area is 120 Å². The molecule has 20 heavy (non-hydrogen) atoms. The highest BCUT2D eigenvalue weighted by molar-refractivity contribution is 5.96. The van der Waals surface area contributed by atoms with Crippen molar-refractivity contribution >= 4 is 5.91 Å². The molecule has 0 saturated carbocycles. The Morgan fingerprint density at radius 2 is 2.00 bits per heavy atom. The van der Waals surface area contributed by atoms with E-state index in [2.05, 4.69) is 19.2 Å². The molecule has 0 spiro atoms. The van der Waals surface area contributed by atoms with Gasteiger partial charge in [0.05, 0.1) is 11.7 Å². The highest BCUT2D eigenvalue weighted by atomic mass is 16.5. The zero-order chi connectivity index (χ0) is 14.9. The van der Waals surface area contributed by atoms with Crippen LogP contribution in [0.15, 0.2) is 4.42 Å². The predicted octanol–water partition coefficient (Wildman–Crippen LogP) is 3.00. The van der Waals surface area contributed by atoms with Gasteiger partial charge in [-0.15, -0.1) is 0 Å². The molecule has 2 atom stereocenters. The van der Waals surface area contributed by atoms with Gasteiger partial charge in [-0.25, -0.2) is 0 Å². The second-order valence-corrected chi connectivity index (χ2v) is 6.05. The quantitative estimate of drug-likeness (QED) is 0.921. The summed E-state index contributed by atoms with van der Waals surface area (Å²) < 4.78 is 11.3. The average molecular weight is 279 g/mol. The van der Waals surface area contributed by atoms with Crippen molar-refractivity contribution in [3.63, 3.8) is 0 Å². The molecule has 4 nitrogen and oxygen atoms in total. The topological polar surface area (TPSA) is 51.5 Å². The first kappa shape index (κ1) is 15.1. The number of ether oxygens (including phenoxy) is 1. The van der Waals surface area contributed by atoms with Gasteiger partial charge in [0.25, 0.3) is 5.91 Å². The molecule has 0 radical (unpaired) electrons. The van der Waals surface area contributed by atoms with Crippen LogP contribution in [0.1, 0.15) is 47.7 Å². The van der Waals surface area contributed by atoms with Crippen molar-refractivity contribution in [2.45, 2.75) is 47.1 Å². The molecule has 0 aliphatic carbocycles. The molecule has 4 heteroatoms. The van der Waals surface area contributed by atoms with E-state index in [1.54, 1.807) is 0 Å². The Morgan fingerprint density at radius 3 is 2.55 bits per heavy atom. The molecule has 2 heterocycles. The van der Waals surface area contributed by atoms with Gasteiger partial charge in [0, 0.05) is 24.6 Å². The Morgan fingerprint density at radius 1 is 1.30 bits per heavy atom. The zero-order valence-electron chi connectivity index (χ0n) is 13.1. The molecular formula is C16H25NO3. The number of aryl methyl sites for hydroxylation is 2. The van der Waals surface area contributed by atoms with Crippen molar-refractivity contribution in [1.82, 2.24) is 5.32 Å². The standard InChI is InChI=1S/C16H25NO3/c1-9(2)15-13(6-7-19-15)8-17-16(18)14-10(3)11(4)20-12(14)5/h9,13,15H,6-8H2,1-5H3,(H,17,18)/t13-,15-/m1/s1. The highest BCUT2D eigenvalue weighted by Crippen LogP contribution is 2.26. The lowest BCUT2D eigenvalue weighted by Gasteiger charge is -2.22. The summed E-state index contributed by atoms with van der Waals surface area (Å²) in [6, 6.07) is 0. The Bertz CT molecular complexity index is 490. The predicted molar refractivity (Wildman–Crippen MR) is 77.9 cm³/mol. The first-order chi connectivity index (χ1) is 9.41. The maximum Gasteiger partial charge on any atom is 0.255 e. The van der Waals surface area contributed by atoms with Crippen molar-refractivity contribution in [2.75, 3.05) is 13.2 Å². The lowest BCUT2D eigenvalue weighted by atomic mass is 9.93. The molecule has 0 unspecified atom stereocenters. The molecule has 1 N–H and O–H groups in total. The highest BCUT2D eigenvalue weighted by Gasteiger charge is 2.31. The van der Waals surface area contributed by atoms with Gasteiger partial charge in [0.15, 0.2) is 0 Å². The molecule has 2 rings (SSSR count). The minimum absolute atomic E-state index is 0.0359. The molecule has 0 aromatic carbocycles. The van der Waals surface area contributed by atoms with Gasteiger partial charge < -0.3 is 14.5 Å². The van der Waals surface area contributed by atoms with Gasteiger partial charge in [-0.3, -0.25) is 4.79 Å². The molecule has 1 aliphatic heterocycles. The third-order valence-electron chi connectivity index (χ3n) is 4.23. The maximum absolute atomic E-state index is 12.3. The lowest BCUT2D eigenvalue weighted by molar-refractivity contribution is 0.0533. The van der Waals surface area contributed by atoms with E-state index in [0.717, 1.165) is 24.4 Å². The number of hydrogen-bond acceptors (Lipinski definition) is 3. The van der Waals surface area contributed by atoms with Crippen molar-refractivity contribution < 1.29 is 13.9 Å². The number of rotatable bonds is 4. The maximum atomic E-state index is 12.3. The Kier molecular flexibility index (Phi) is 4.53. The monoisotopic (exact) mass is 279 g/mol. The van der Waals surface area contributed by atoms with Crippen LogP contribution in [0, 0.1) is 32.6 Å². The second kappa shape index (κ2) is 6.00. The number of amides is 1. The van der Waals surface area contributed by atoms with Crippen LogP contribution in [-0.2, 0) is 4.74 Å². The van der Waals surface area contributed by atoms with Gasteiger partial charge in [-0.1, -0.05) is 13.8 Å². The van der Waals surface area contributed by atoms with Crippen molar-refractivity contribution in [1.29, 1.82) is 0 Å². The molecule has 1 amide bonds. The Balaban J connectivity index is 1.99. The second-order valence-electron chi connectivity index (χ2n) is 6.05. The molecule has 1 fully saturated rings. The summed E-state index contributed by atoms with van der Waals surface area (Å²) in [5.41, 5.74) is 1.62. The van der Waals surface area contributed by atoms with Crippen LogP contribution in [0.5, 0.6) is 0 Å². The Hall–Kier alpha value is -1.29. The van der Waals surface area contributed by atoms with Crippen LogP contribution >= 0.6 is 0 Å². The molecule has 1 aromatic heterocycles. The van der Waals surface area contributed by atoms with E-state index in [4.69, 9.17) is 9.15 Å². The van der Waals surface area contributed by atoms with Crippen molar-refractivity contribution in [3.8, 4) is 0 Å². The summed E-state index contributed by atoms with van der Waals surface area (Å²) in [6.45, 7) is 11.5.